The lowest BCUT2D eigenvalue weighted by atomic mass is 9.89. The maximum Gasteiger partial charge on any atom is 0.130 e. The quantitative estimate of drug-likeness (QED) is 0.937. The Morgan fingerprint density at radius 3 is 2.32 bits per heavy atom. The molecule has 0 bridgehead atoms. The molecule has 0 aliphatic rings. The second-order valence-corrected chi connectivity index (χ2v) is 5.65. The van der Waals surface area contributed by atoms with Crippen molar-refractivity contribution in [3.63, 3.8) is 0 Å². The lowest BCUT2D eigenvalue weighted by molar-refractivity contribution is 0.0574. The van der Waals surface area contributed by atoms with Crippen LogP contribution in [-0.4, -0.2) is 14.9 Å². The van der Waals surface area contributed by atoms with Crippen LogP contribution in [0, 0.1) is 13.8 Å². The van der Waals surface area contributed by atoms with Gasteiger partial charge in [0.05, 0.1) is 11.3 Å². The summed E-state index contributed by atoms with van der Waals surface area (Å²) in [7, 11) is 1.80. The van der Waals surface area contributed by atoms with E-state index in [0.29, 0.717) is 11.6 Å². The first-order valence-electron chi connectivity index (χ1n) is 6.29. The summed E-state index contributed by atoms with van der Waals surface area (Å²) < 4.78 is 1.64. The maximum absolute atomic E-state index is 10.7. The average molecular weight is 279 g/mol. The van der Waals surface area contributed by atoms with E-state index in [1.54, 1.807) is 18.7 Å². The zero-order valence-corrected chi connectivity index (χ0v) is 12.5. The number of hydrogen-bond acceptors (Lipinski definition) is 2. The van der Waals surface area contributed by atoms with Crippen LogP contribution in [0.5, 0.6) is 0 Å². The molecule has 0 spiro atoms. The molecule has 0 radical (unpaired) electrons. The standard InChI is InChI=1S/C15H19ClN2O/c1-10-5-7-12(8-6-10)15(3,19)9-13-11(2)17-18(4)14(13)16/h5-8,19H,9H2,1-4H3. The van der Waals surface area contributed by atoms with Crippen LogP contribution in [0.1, 0.15) is 29.3 Å². The number of aryl methyl sites for hydroxylation is 3. The predicted octanol–water partition coefficient (Wildman–Crippen LogP) is 3.14. The summed E-state index contributed by atoms with van der Waals surface area (Å²) in [4.78, 5) is 0. The molecule has 2 rings (SSSR count). The largest absolute Gasteiger partial charge is 0.385 e. The molecule has 1 unspecified atom stereocenters. The van der Waals surface area contributed by atoms with Crippen LogP contribution in [0.4, 0.5) is 0 Å². The minimum absolute atomic E-state index is 0.453. The van der Waals surface area contributed by atoms with Crippen molar-refractivity contribution < 1.29 is 5.11 Å². The highest BCUT2D eigenvalue weighted by Gasteiger charge is 2.27. The summed E-state index contributed by atoms with van der Waals surface area (Å²) in [5.74, 6) is 0. The number of rotatable bonds is 3. The van der Waals surface area contributed by atoms with Gasteiger partial charge in [-0.1, -0.05) is 41.4 Å². The highest BCUT2D eigenvalue weighted by Crippen LogP contribution is 2.30. The third-order valence-corrected chi connectivity index (χ3v) is 3.94. The second kappa shape index (κ2) is 4.99. The van der Waals surface area contributed by atoms with Gasteiger partial charge in [0, 0.05) is 19.0 Å². The van der Waals surface area contributed by atoms with E-state index in [-0.39, 0.29) is 0 Å². The van der Waals surface area contributed by atoms with E-state index < -0.39 is 5.60 Å². The number of hydrogen-bond donors (Lipinski definition) is 1. The van der Waals surface area contributed by atoms with Gasteiger partial charge in [-0.2, -0.15) is 5.10 Å². The SMILES string of the molecule is Cc1ccc(C(C)(O)Cc2c(C)nn(C)c2Cl)cc1. The molecule has 1 atom stereocenters. The third kappa shape index (κ3) is 2.82. The zero-order valence-electron chi connectivity index (χ0n) is 11.7. The Morgan fingerprint density at radius 2 is 1.84 bits per heavy atom. The van der Waals surface area contributed by atoms with E-state index >= 15 is 0 Å². The Hall–Kier alpha value is -1.32. The molecule has 2 aromatic rings. The Bertz CT molecular complexity index is 585. The molecule has 0 aliphatic carbocycles. The van der Waals surface area contributed by atoms with Crippen molar-refractivity contribution in [1.82, 2.24) is 9.78 Å². The Balaban J connectivity index is 2.33. The summed E-state index contributed by atoms with van der Waals surface area (Å²) in [6.07, 6.45) is 0.453. The molecule has 1 heterocycles. The van der Waals surface area contributed by atoms with E-state index in [1.165, 1.54) is 5.56 Å². The van der Waals surface area contributed by atoms with Gasteiger partial charge in [-0.15, -0.1) is 0 Å². The van der Waals surface area contributed by atoms with Crippen molar-refractivity contribution >= 4 is 11.6 Å². The maximum atomic E-state index is 10.7. The van der Waals surface area contributed by atoms with Gasteiger partial charge in [-0.3, -0.25) is 4.68 Å². The molecule has 1 aromatic carbocycles. The Kier molecular flexibility index (Phi) is 3.70. The molecular weight excluding hydrogens is 260 g/mol. The minimum atomic E-state index is -0.953. The topological polar surface area (TPSA) is 38.1 Å². The molecule has 0 saturated carbocycles. The van der Waals surface area contributed by atoms with Crippen LogP contribution in [0.15, 0.2) is 24.3 Å². The van der Waals surface area contributed by atoms with Crippen molar-refractivity contribution in [3.05, 3.63) is 51.8 Å². The molecule has 0 saturated heterocycles. The fraction of sp³-hybridized carbons (Fsp3) is 0.400. The van der Waals surface area contributed by atoms with Gasteiger partial charge in [-0.25, -0.2) is 0 Å². The van der Waals surface area contributed by atoms with E-state index in [4.69, 9.17) is 11.6 Å². The van der Waals surface area contributed by atoms with Crippen molar-refractivity contribution in [2.45, 2.75) is 32.8 Å². The van der Waals surface area contributed by atoms with E-state index in [1.807, 2.05) is 38.1 Å². The van der Waals surface area contributed by atoms with Gasteiger partial charge in [0.2, 0.25) is 0 Å². The first-order valence-corrected chi connectivity index (χ1v) is 6.66. The highest BCUT2D eigenvalue weighted by atomic mass is 35.5. The van der Waals surface area contributed by atoms with Gasteiger partial charge in [0.1, 0.15) is 5.15 Å². The van der Waals surface area contributed by atoms with Gasteiger partial charge in [0.25, 0.3) is 0 Å². The van der Waals surface area contributed by atoms with Crippen molar-refractivity contribution in [2.75, 3.05) is 0 Å². The summed E-state index contributed by atoms with van der Waals surface area (Å²) in [6, 6.07) is 7.91. The van der Waals surface area contributed by atoms with Crippen molar-refractivity contribution in [3.8, 4) is 0 Å². The predicted molar refractivity (Wildman–Crippen MR) is 77.4 cm³/mol. The van der Waals surface area contributed by atoms with Crippen molar-refractivity contribution in [2.24, 2.45) is 7.05 Å². The molecule has 0 amide bonds. The molecular formula is C15H19ClN2O. The highest BCUT2D eigenvalue weighted by molar-refractivity contribution is 6.30. The number of aliphatic hydroxyl groups is 1. The third-order valence-electron chi connectivity index (χ3n) is 3.46. The second-order valence-electron chi connectivity index (χ2n) is 5.30. The van der Waals surface area contributed by atoms with Gasteiger partial charge < -0.3 is 5.11 Å². The van der Waals surface area contributed by atoms with Crippen LogP contribution >= 0.6 is 11.6 Å². The van der Waals surface area contributed by atoms with E-state index in [9.17, 15) is 5.11 Å². The summed E-state index contributed by atoms with van der Waals surface area (Å²) in [5.41, 5.74) is 2.87. The monoisotopic (exact) mass is 278 g/mol. The lowest BCUT2D eigenvalue weighted by Crippen LogP contribution is -2.24. The number of nitrogens with zero attached hydrogens (tertiary/aromatic N) is 2. The fourth-order valence-corrected chi connectivity index (χ4v) is 2.47. The van der Waals surface area contributed by atoms with Crippen LogP contribution in [0.25, 0.3) is 0 Å². The summed E-state index contributed by atoms with van der Waals surface area (Å²) in [6.45, 7) is 5.74. The molecule has 1 N–H and O–H groups in total. The van der Waals surface area contributed by atoms with E-state index in [0.717, 1.165) is 16.8 Å². The molecule has 0 aliphatic heterocycles. The zero-order chi connectivity index (χ0) is 14.2. The van der Waals surface area contributed by atoms with Crippen molar-refractivity contribution in [1.29, 1.82) is 0 Å². The van der Waals surface area contributed by atoms with Gasteiger partial charge in [-0.05, 0) is 26.3 Å². The Morgan fingerprint density at radius 1 is 1.26 bits per heavy atom. The smallest absolute Gasteiger partial charge is 0.130 e. The summed E-state index contributed by atoms with van der Waals surface area (Å²) in [5, 5.41) is 15.6. The fourth-order valence-electron chi connectivity index (χ4n) is 2.23. The molecule has 1 aromatic heterocycles. The Labute approximate surface area is 118 Å². The van der Waals surface area contributed by atoms with Crippen LogP contribution < -0.4 is 0 Å². The van der Waals surface area contributed by atoms with Gasteiger partial charge >= 0.3 is 0 Å². The van der Waals surface area contributed by atoms with E-state index in [2.05, 4.69) is 5.10 Å². The first-order chi connectivity index (χ1) is 8.81. The molecule has 4 heteroatoms. The molecule has 0 fully saturated rings. The normalized spacial score (nSPS) is 14.4. The summed E-state index contributed by atoms with van der Waals surface area (Å²) >= 11 is 6.22. The minimum Gasteiger partial charge on any atom is -0.385 e. The van der Waals surface area contributed by atoms with Crippen LogP contribution in [-0.2, 0) is 19.1 Å². The number of benzene rings is 1. The lowest BCUT2D eigenvalue weighted by Gasteiger charge is -2.24. The van der Waals surface area contributed by atoms with Crippen LogP contribution in [0.2, 0.25) is 5.15 Å². The molecule has 19 heavy (non-hydrogen) atoms. The number of aromatic nitrogens is 2. The van der Waals surface area contributed by atoms with Crippen LogP contribution in [0.3, 0.4) is 0 Å². The van der Waals surface area contributed by atoms with Gasteiger partial charge in [0.15, 0.2) is 0 Å². The first kappa shape index (κ1) is 14.1. The molecule has 3 nitrogen and oxygen atoms in total. The average Bonchev–Trinajstić information content (AvgIpc) is 2.56. The molecule has 102 valence electrons. The number of halogens is 1.